The first kappa shape index (κ1) is 13.7. The van der Waals surface area contributed by atoms with Gasteiger partial charge in [-0.3, -0.25) is 4.55 Å². The van der Waals surface area contributed by atoms with Gasteiger partial charge in [-0.1, -0.05) is 0 Å². The molecule has 0 aromatic heterocycles. The number of aryl methyl sites for hydroxylation is 1. The molecule has 0 spiro atoms. The van der Waals surface area contributed by atoms with E-state index in [0.29, 0.717) is 0 Å². The SMILES string of the molecule is Cc1cc(C(F)(F)F)c(I)c(S(=O)(=O)O)c1. The Balaban J connectivity index is 3.64. The van der Waals surface area contributed by atoms with Crippen molar-refractivity contribution in [1.82, 2.24) is 0 Å². The second-order valence-corrected chi connectivity index (χ2v) is 5.57. The standard InChI is InChI=1S/C8H6F3IO3S/c1-4-2-5(8(9,10)11)7(12)6(3-4)16(13,14)15/h2-3H,1H3,(H,13,14,15). The van der Waals surface area contributed by atoms with Crippen LogP contribution in [0.15, 0.2) is 17.0 Å². The molecule has 0 bridgehead atoms. The minimum atomic E-state index is -4.65. The molecule has 0 radical (unpaired) electrons. The van der Waals surface area contributed by atoms with E-state index < -0.39 is 30.3 Å². The summed E-state index contributed by atoms with van der Waals surface area (Å²) in [5.41, 5.74) is -0.957. The summed E-state index contributed by atoms with van der Waals surface area (Å²) in [7, 11) is -4.65. The molecule has 8 heteroatoms. The van der Waals surface area contributed by atoms with Crippen molar-refractivity contribution >= 4 is 32.7 Å². The molecule has 0 amide bonds. The lowest BCUT2D eigenvalue weighted by Gasteiger charge is -2.12. The fourth-order valence-electron chi connectivity index (χ4n) is 1.13. The van der Waals surface area contributed by atoms with Crippen LogP contribution in [-0.2, 0) is 16.3 Å². The summed E-state index contributed by atoms with van der Waals surface area (Å²) in [5.74, 6) is 0. The number of rotatable bonds is 1. The number of benzene rings is 1. The van der Waals surface area contributed by atoms with E-state index in [9.17, 15) is 21.6 Å². The van der Waals surface area contributed by atoms with Crippen LogP contribution in [0.1, 0.15) is 11.1 Å². The number of halogens is 4. The van der Waals surface area contributed by atoms with Gasteiger partial charge in [0.15, 0.2) is 0 Å². The Labute approximate surface area is 104 Å². The van der Waals surface area contributed by atoms with E-state index in [1.807, 2.05) is 0 Å². The third-order valence-electron chi connectivity index (χ3n) is 1.77. The lowest BCUT2D eigenvalue weighted by atomic mass is 10.1. The predicted octanol–water partition coefficient (Wildman–Crippen LogP) is 2.87. The first-order chi connectivity index (χ1) is 7.03. The maximum Gasteiger partial charge on any atom is 0.417 e. The van der Waals surface area contributed by atoms with Crippen LogP contribution in [0, 0.1) is 10.5 Å². The molecule has 1 aromatic rings. The van der Waals surface area contributed by atoms with E-state index in [4.69, 9.17) is 4.55 Å². The summed E-state index contributed by atoms with van der Waals surface area (Å²) in [4.78, 5) is -0.722. The molecular formula is C8H6F3IO3S. The topological polar surface area (TPSA) is 54.4 Å². The lowest BCUT2D eigenvalue weighted by Crippen LogP contribution is -2.12. The van der Waals surface area contributed by atoms with Crippen molar-refractivity contribution in [2.24, 2.45) is 0 Å². The van der Waals surface area contributed by atoms with E-state index in [-0.39, 0.29) is 5.56 Å². The Bertz CT molecular complexity index is 522. The van der Waals surface area contributed by atoms with E-state index in [0.717, 1.165) is 12.1 Å². The van der Waals surface area contributed by atoms with Crippen molar-refractivity contribution in [3.63, 3.8) is 0 Å². The molecule has 16 heavy (non-hydrogen) atoms. The minimum absolute atomic E-state index is 0.111. The third kappa shape index (κ3) is 2.86. The molecule has 0 fully saturated rings. The average Bonchev–Trinajstić information content (AvgIpc) is 2.04. The quantitative estimate of drug-likeness (QED) is 0.615. The van der Waals surface area contributed by atoms with Gasteiger partial charge in [-0.2, -0.15) is 21.6 Å². The third-order valence-corrected chi connectivity index (χ3v) is 4.17. The van der Waals surface area contributed by atoms with Crippen LogP contribution in [0.5, 0.6) is 0 Å². The van der Waals surface area contributed by atoms with Gasteiger partial charge in [0.2, 0.25) is 0 Å². The molecule has 0 aliphatic heterocycles. The Morgan fingerprint density at radius 1 is 1.31 bits per heavy atom. The van der Waals surface area contributed by atoms with E-state index in [1.165, 1.54) is 29.5 Å². The second kappa shape index (κ2) is 4.15. The first-order valence-corrected chi connectivity index (χ1v) is 6.40. The zero-order valence-corrected chi connectivity index (χ0v) is 10.8. The summed E-state index contributed by atoms with van der Waals surface area (Å²) in [5, 5.41) is 0. The van der Waals surface area contributed by atoms with Gasteiger partial charge in [0, 0.05) is 3.57 Å². The van der Waals surface area contributed by atoms with Gasteiger partial charge < -0.3 is 0 Å². The van der Waals surface area contributed by atoms with Crippen LogP contribution >= 0.6 is 22.6 Å². The van der Waals surface area contributed by atoms with Gasteiger partial charge in [-0.25, -0.2) is 0 Å². The van der Waals surface area contributed by atoms with Gasteiger partial charge in [0.25, 0.3) is 10.1 Å². The molecule has 0 aliphatic rings. The van der Waals surface area contributed by atoms with Gasteiger partial charge in [-0.05, 0) is 47.2 Å². The van der Waals surface area contributed by atoms with Crippen molar-refractivity contribution in [1.29, 1.82) is 0 Å². The Kier molecular flexibility index (Phi) is 3.56. The average molecular weight is 366 g/mol. The molecule has 90 valence electrons. The number of alkyl halides is 3. The zero-order valence-electron chi connectivity index (χ0n) is 7.84. The summed E-state index contributed by atoms with van der Waals surface area (Å²) in [6.07, 6.45) is -4.65. The van der Waals surface area contributed by atoms with Crippen LogP contribution in [-0.4, -0.2) is 13.0 Å². The Hall–Kier alpha value is -0.350. The minimum Gasteiger partial charge on any atom is -0.282 e. The highest BCUT2D eigenvalue weighted by Gasteiger charge is 2.35. The normalized spacial score (nSPS) is 12.9. The molecule has 1 aromatic carbocycles. The van der Waals surface area contributed by atoms with E-state index in [1.54, 1.807) is 0 Å². The Morgan fingerprint density at radius 2 is 1.81 bits per heavy atom. The molecule has 0 saturated carbocycles. The molecule has 0 saturated heterocycles. The molecule has 1 N–H and O–H groups in total. The summed E-state index contributed by atoms with van der Waals surface area (Å²) in [6.45, 7) is 1.32. The summed E-state index contributed by atoms with van der Waals surface area (Å²) < 4.78 is 67.5. The molecule has 0 unspecified atom stereocenters. The smallest absolute Gasteiger partial charge is 0.282 e. The van der Waals surface area contributed by atoms with Crippen molar-refractivity contribution in [2.75, 3.05) is 0 Å². The van der Waals surface area contributed by atoms with Crippen LogP contribution < -0.4 is 0 Å². The van der Waals surface area contributed by atoms with E-state index >= 15 is 0 Å². The van der Waals surface area contributed by atoms with Crippen molar-refractivity contribution in [3.8, 4) is 0 Å². The predicted molar refractivity (Wildman–Crippen MR) is 58.7 cm³/mol. The first-order valence-electron chi connectivity index (χ1n) is 3.88. The van der Waals surface area contributed by atoms with Gasteiger partial charge >= 0.3 is 6.18 Å². The lowest BCUT2D eigenvalue weighted by molar-refractivity contribution is -0.138. The monoisotopic (exact) mass is 366 g/mol. The highest BCUT2D eigenvalue weighted by Crippen LogP contribution is 2.36. The summed E-state index contributed by atoms with van der Waals surface area (Å²) >= 11 is 1.25. The Morgan fingerprint density at radius 3 is 2.19 bits per heavy atom. The molecule has 0 heterocycles. The van der Waals surface area contributed by atoms with Crippen LogP contribution in [0.4, 0.5) is 13.2 Å². The van der Waals surface area contributed by atoms with Crippen LogP contribution in [0.2, 0.25) is 0 Å². The highest BCUT2D eigenvalue weighted by atomic mass is 127. The van der Waals surface area contributed by atoms with Crippen molar-refractivity contribution in [3.05, 3.63) is 26.8 Å². The molecular weight excluding hydrogens is 360 g/mol. The van der Waals surface area contributed by atoms with E-state index in [2.05, 4.69) is 0 Å². The zero-order chi connectivity index (χ0) is 12.7. The van der Waals surface area contributed by atoms with Gasteiger partial charge in [0.1, 0.15) is 4.90 Å². The largest absolute Gasteiger partial charge is 0.417 e. The van der Waals surface area contributed by atoms with Gasteiger partial charge in [-0.15, -0.1) is 0 Å². The van der Waals surface area contributed by atoms with Crippen LogP contribution in [0.25, 0.3) is 0 Å². The fraction of sp³-hybridized carbons (Fsp3) is 0.250. The van der Waals surface area contributed by atoms with Crippen LogP contribution in [0.3, 0.4) is 0 Å². The molecule has 3 nitrogen and oxygen atoms in total. The molecule has 0 atom stereocenters. The summed E-state index contributed by atoms with van der Waals surface area (Å²) in [6, 6.07) is 1.82. The number of hydrogen-bond donors (Lipinski definition) is 1. The maximum atomic E-state index is 12.5. The molecule has 1 rings (SSSR count). The molecule has 0 aliphatic carbocycles. The van der Waals surface area contributed by atoms with Crippen molar-refractivity contribution in [2.45, 2.75) is 18.0 Å². The maximum absolute atomic E-state index is 12.5. The fourth-order valence-corrected chi connectivity index (χ4v) is 3.25. The highest BCUT2D eigenvalue weighted by molar-refractivity contribution is 14.1. The van der Waals surface area contributed by atoms with Gasteiger partial charge in [0.05, 0.1) is 5.56 Å². The number of hydrogen-bond acceptors (Lipinski definition) is 2. The second-order valence-electron chi connectivity index (χ2n) is 3.10. The van der Waals surface area contributed by atoms with Crippen molar-refractivity contribution < 1.29 is 26.1 Å².